The molecule has 7 aliphatic rings. The van der Waals surface area contributed by atoms with E-state index in [9.17, 15) is 34.8 Å². The minimum Gasteiger partial charge on any atom is -0.507 e. The molecule has 7 aliphatic heterocycles. The van der Waals surface area contributed by atoms with E-state index in [2.05, 4.69) is 34.0 Å². The van der Waals surface area contributed by atoms with E-state index in [0.717, 1.165) is 52.1 Å². The first kappa shape index (κ1) is 54.2. The quantitative estimate of drug-likeness (QED) is 0.195. The van der Waals surface area contributed by atoms with Crippen LogP contribution in [0.25, 0.3) is 10.8 Å². The zero-order valence-electron chi connectivity index (χ0n) is 44.6. The first-order chi connectivity index (χ1) is 34.7. The number of aliphatic hydroxyl groups excluding tert-OH is 2. The Morgan fingerprint density at radius 2 is 1.56 bits per heavy atom. The Kier molecular flexibility index (Phi) is 16.4. The van der Waals surface area contributed by atoms with E-state index in [-0.39, 0.29) is 49.7 Å². The normalized spacial score (nSPS) is 32.3. The van der Waals surface area contributed by atoms with Crippen LogP contribution in [0.2, 0.25) is 0 Å². The fourth-order valence-electron chi connectivity index (χ4n) is 12.0. The van der Waals surface area contributed by atoms with Crippen molar-refractivity contribution in [2.24, 2.45) is 45.5 Å². The standard InChI is InChI=1S/C56H80N6O11/c1-31(2)29-61-26-20-56(21-27-61)58-43-40-41-48(65)37(8)51-42(40)52(67)55(9,73-51)71-28-19-39(70-10)34(5)50(72-54(69)62-24-17-38(18-25-62)30-60-22-12-11-13-23-60)36(7)47(64)35(6)46(63)32(3)15-14-16-33(4)53(68)57-45(49(41)66)44(43)59-56/h14-16,19,28,31-32,34-36,38-39,46-47,50,58,63-66H,11-13,17-18,20-27,29-30H2,1-10H3/b15-14+,28-19+,33-16-,57-45?/t32-,34+,35+,36+,39-,46-,47+,50+,55-/m0/s1. The summed E-state index contributed by atoms with van der Waals surface area (Å²) in [5.74, 6) is -5.59. The first-order valence-corrected chi connectivity index (χ1v) is 26.7. The number of methoxy groups -OCH3 is 1. The molecule has 0 aliphatic carbocycles. The Labute approximate surface area is 430 Å². The number of allylic oxidation sites excluding steroid dienone is 2. The minimum atomic E-state index is -1.97. The molecule has 9 rings (SSSR count). The lowest BCUT2D eigenvalue weighted by Crippen LogP contribution is -2.49. The van der Waals surface area contributed by atoms with Crippen LogP contribution in [0.1, 0.15) is 116 Å². The van der Waals surface area contributed by atoms with E-state index in [1.807, 2.05) is 13.8 Å². The van der Waals surface area contributed by atoms with Gasteiger partial charge in [-0.05, 0) is 70.5 Å². The van der Waals surface area contributed by atoms with Crippen LogP contribution in [0.4, 0.5) is 10.5 Å². The van der Waals surface area contributed by atoms with Crippen molar-refractivity contribution >= 4 is 34.2 Å². The number of amides is 2. The molecule has 3 fully saturated rings. The molecule has 1 spiro atoms. The lowest BCUT2D eigenvalue weighted by Gasteiger charge is -2.40. The number of ether oxygens (including phenoxy) is 4. The summed E-state index contributed by atoms with van der Waals surface area (Å²) in [6.07, 6.45) is 10.1. The maximum Gasteiger partial charge on any atom is 0.410 e. The number of aromatic hydroxyl groups is 2. The highest BCUT2D eigenvalue weighted by molar-refractivity contribution is 6.21. The Morgan fingerprint density at radius 3 is 2.22 bits per heavy atom. The molecule has 73 heavy (non-hydrogen) atoms. The SMILES string of the molecule is CO[C@H]1/C=C/O[C@@]2(C)Oc3c(C)c(O)c4c(O)c(c5c(c4c3C2=O)NC2(CCN(CC(C)C)CC2)N=5)=NC(=O)/C(C)=C\C=C\[C@H](C)[C@H](O)[C@@H](C)[C@@H](O)[C@@H](C)[C@H](OC(=O)N2CCC(CN3CCCCC3)CC2)[C@@H]1C. The van der Waals surface area contributed by atoms with Crippen molar-refractivity contribution in [3.05, 3.63) is 58.0 Å². The molecule has 17 heteroatoms. The maximum absolute atomic E-state index is 15.0. The van der Waals surface area contributed by atoms with Gasteiger partial charge in [0.2, 0.25) is 0 Å². The fourth-order valence-corrected chi connectivity index (χ4v) is 12.0. The monoisotopic (exact) mass is 1010 g/mol. The highest BCUT2D eigenvalue weighted by atomic mass is 16.7. The average molecular weight is 1010 g/mol. The predicted octanol–water partition coefficient (Wildman–Crippen LogP) is 6.52. The molecule has 5 N–H and O–H groups in total. The molecular weight excluding hydrogens is 933 g/mol. The average Bonchev–Trinajstić information content (AvgIpc) is 3.87. The van der Waals surface area contributed by atoms with Crippen LogP contribution in [0, 0.1) is 42.4 Å². The number of ketones is 1. The van der Waals surface area contributed by atoms with Gasteiger partial charge >= 0.3 is 11.9 Å². The zero-order valence-corrected chi connectivity index (χ0v) is 44.6. The highest BCUT2D eigenvalue weighted by Gasteiger charge is 2.51. The second-order valence-electron chi connectivity index (χ2n) is 22.5. The maximum atomic E-state index is 15.0. The van der Waals surface area contributed by atoms with Gasteiger partial charge in [-0.25, -0.2) is 9.79 Å². The number of fused-ring (bicyclic) bond motifs is 13. The second-order valence-corrected chi connectivity index (χ2v) is 22.5. The van der Waals surface area contributed by atoms with Crippen LogP contribution in [0.3, 0.4) is 0 Å². The van der Waals surface area contributed by atoms with E-state index in [0.29, 0.717) is 43.5 Å². The van der Waals surface area contributed by atoms with E-state index in [1.165, 1.54) is 39.6 Å². The van der Waals surface area contributed by atoms with Gasteiger partial charge in [-0.15, -0.1) is 0 Å². The van der Waals surface area contributed by atoms with E-state index >= 15 is 0 Å². The number of aliphatic hydroxyl groups is 2. The lowest BCUT2D eigenvalue weighted by molar-refractivity contribution is -0.114. The number of phenols is 2. The number of likely N-dealkylation sites (tertiary alicyclic amines) is 3. The van der Waals surface area contributed by atoms with Crippen molar-refractivity contribution in [1.82, 2.24) is 14.7 Å². The zero-order chi connectivity index (χ0) is 52.7. The summed E-state index contributed by atoms with van der Waals surface area (Å²) in [5, 5.41) is 51.7. The summed E-state index contributed by atoms with van der Waals surface area (Å²) in [6, 6.07) is 0. The Hall–Kier alpha value is -5.07. The van der Waals surface area contributed by atoms with Crippen molar-refractivity contribution in [2.75, 3.05) is 64.8 Å². The molecule has 9 atom stereocenters. The number of hydrogen-bond donors (Lipinski definition) is 5. The third-order valence-electron chi connectivity index (χ3n) is 16.7. The fraction of sp³-hybridized carbons (Fsp3) is 0.661. The van der Waals surface area contributed by atoms with Gasteiger partial charge in [0.25, 0.3) is 11.7 Å². The van der Waals surface area contributed by atoms with Gasteiger partial charge in [0.15, 0.2) is 5.75 Å². The van der Waals surface area contributed by atoms with Gasteiger partial charge in [0, 0.05) is 106 Å². The molecule has 0 aromatic heterocycles. The molecule has 17 nitrogen and oxygen atoms in total. The number of phenolic OH excluding ortho intramolecular Hbond substituents is 2. The van der Waals surface area contributed by atoms with Crippen LogP contribution < -0.4 is 20.8 Å². The van der Waals surface area contributed by atoms with Crippen molar-refractivity contribution in [3.8, 4) is 17.2 Å². The molecule has 7 heterocycles. The predicted molar refractivity (Wildman–Crippen MR) is 277 cm³/mol. The molecular formula is C56H80N6O11. The van der Waals surface area contributed by atoms with Crippen molar-refractivity contribution < 1.29 is 53.8 Å². The van der Waals surface area contributed by atoms with E-state index < -0.39 is 83.1 Å². The number of rotatable bonds is 6. The van der Waals surface area contributed by atoms with Gasteiger partial charge in [0.1, 0.15) is 34.0 Å². The van der Waals surface area contributed by atoms with Gasteiger partial charge in [-0.2, -0.15) is 0 Å². The Morgan fingerprint density at radius 1 is 0.877 bits per heavy atom. The van der Waals surface area contributed by atoms with Crippen molar-refractivity contribution in [1.29, 1.82) is 0 Å². The molecule has 400 valence electrons. The van der Waals surface area contributed by atoms with Gasteiger partial charge < -0.3 is 59.4 Å². The number of carbonyl (C=O) groups is 3. The second kappa shape index (κ2) is 22.0. The Balaban J connectivity index is 1.17. The number of Topliss-reactive ketones (excluding diaryl/α,β-unsaturated/α-hetero) is 1. The highest BCUT2D eigenvalue weighted by Crippen LogP contribution is 2.51. The number of piperidine rings is 3. The topological polar surface area (TPSA) is 216 Å². The number of carbonyl (C=O) groups excluding carboxylic acids is 3. The largest absolute Gasteiger partial charge is 0.507 e. The lowest BCUT2D eigenvalue weighted by atomic mass is 9.78. The number of benzene rings is 2. The molecule has 0 radical (unpaired) electrons. The molecule has 2 aromatic rings. The number of anilines is 1. The smallest absolute Gasteiger partial charge is 0.410 e. The first-order valence-electron chi connectivity index (χ1n) is 26.7. The van der Waals surface area contributed by atoms with Crippen LogP contribution in [0.15, 0.2) is 46.1 Å². The van der Waals surface area contributed by atoms with E-state index in [1.54, 1.807) is 56.9 Å². The number of nitrogens with zero attached hydrogens (tertiary/aromatic N) is 5. The third-order valence-corrected chi connectivity index (χ3v) is 16.7. The van der Waals surface area contributed by atoms with Gasteiger partial charge in [0.05, 0.1) is 41.2 Å². The number of nitrogens with one attached hydrogen (secondary N) is 1. The molecule has 0 unspecified atom stereocenters. The van der Waals surface area contributed by atoms with Gasteiger partial charge in [-0.1, -0.05) is 66.2 Å². The summed E-state index contributed by atoms with van der Waals surface area (Å²) < 4.78 is 25.1. The Bertz CT molecular complexity index is 2630. The van der Waals surface area contributed by atoms with Gasteiger partial charge in [-0.3, -0.25) is 14.6 Å². The molecule has 2 amide bonds. The summed E-state index contributed by atoms with van der Waals surface area (Å²) in [5.41, 5.74) is -0.0946. The summed E-state index contributed by atoms with van der Waals surface area (Å²) >= 11 is 0. The third kappa shape index (κ3) is 10.9. The molecule has 2 aromatic carbocycles. The molecule has 3 saturated heterocycles. The number of hydrogen-bond acceptors (Lipinski definition) is 15. The van der Waals surface area contributed by atoms with E-state index in [4.69, 9.17) is 23.9 Å². The van der Waals surface area contributed by atoms with Crippen LogP contribution >= 0.6 is 0 Å². The molecule has 5 bridgehead atoms. The summed E-state index contributed by atoms with van der Waals surface area (Å²) in [6.45, 7) is 22.9. The molecule has 0 saturated carbocycles. The van der Waals surface area contributed by atoms with Crippen molar-refractivity contribution in [2.45, 2.75) is 143 Å². The summed E-state index contributed by atoms with van der Waals surface area (Å²) in [7, 11) is 1.51. The van der Waals surface area contributed by atoms with Crippen LogP contribution in [-0.2, 0) is 19.0 Å². The summed E-state index contributed by atoms with van der Waals surface area (Å²) in [4.78, 5) is 59.5. The van der Waals surface area contributed by atoms with Crippen LogP contribution in [-0.4, -0.2) is 148 Å². The van der Waals surface area contributed by atoms with Crippen molar-refractivity contribution in [3.63, 3.8) is 0 Å². The van der Waals surface area contributed by atoms with Crippen LogP contribution in [0.5, 0.6) is 17.2 Å². The minimum absolute atomic E-state index is 0.0608.